The van der Waals surface area contributed by atoms with Crippen LogP contribution in [-0.2, 0) is 20.9 Å². The molecule has 162 valence electrons. The molecule has 0 atom stereocenters. The average Bonchev–Trinajstić information content (AvgIpc) is 3.13. The molecule has 1 saturated carbocycles. The first-order valence-electron chi connectivity index (χ1n) is 10.7. The van der Waals surface area contributed by atoms with Gasteiger partial charge in [0.05, 0.1) is 11.9 Å². The Morgan fingerprint density at radius 3 is 2.48 bits per heavy atom. The summed E-state index contributed by atoms with van der Waals surface area (Å²) in [6.07, 6.45) is 5.24. The molecule has 1 amide bonds. The second kappa shape index (κ2) is 9.64. The molecule has 0 saturated heterocycles. The number of hydrogen-bond acceptors (Lipinski definition) is 5. The van der Waals surface area contributed by atoms with Crippen LogP contribution in [0.3, 0.4) is 0 Å². The van der Waals surface area contributed by atoms with Gasteiger partial charge in [-0.05, 0) is 37.1 Å². The van der Waals surface area contributed by atoms with Crippen molar-refractivity contribution >= 4 is 28.7 Å². The second-order valence-corrected chi connectivity index (χ2v) is 7.79. The normalized spacial score (nSPS) is 14.5. The van der Waals surface area contributed by atoms with Crippen LogP contribution in [0.1, 0.15) is 38.5 Å². The molecule has 1 aliphatic rings. The number of oxazole rings is 1. The molecule has 0 aliphatic heterocycles. The Morgan fingerprint density at radius 2 is 1.71 bits per heavy atom. The Hall–Kier alpha value is -3.35. The highest BCUT2D eigenvalue weighted by atomic mass is 16.5. The fraction of sp³-hybridized carbons (Fsp3) is 0.375. The van der Waals surface area contributed by atoms with Crippen LogP contribution in [0, 0.1) is 0 Å². The van der Waals surface area contributed by atoms with Crippen molar-refractivity contribution in [2.45, 2.75) is 51.1 Å². The number of carbonyl (C=O) groups excluding carboxylic acids is 2. The standard InChI is InChI=1S/C24H26N2O5/c27-22(26(18-9-3-1-4-10-18)19-11-5-2-6-12-19)17-30-23(28)15-16-25-20-13-7-8-14-21(20)31-24(25)29/h1,3-4,7-10,13-14,19H,2,5-6,11-12,15-17H2. The van der Waals surface area contributed by atoms with Crippen molar-refractivity contribution in [3.63, 3.8) is 0 Å². The molecule has 7 nitrogen and oxygen atoms in total. The number of para-hydroxylation sites is 3. The fourth-order valence-electron chi connectivity index (χ4n) is 4.20. The van der Waals surface area contributed by atoms with E-state index in [0.717, 1.165) is 31.4 Å². The molecule has 1 aromatic heterocycles. The van der Waals surface area contributed by atoms with Gasteiger partial charge in [-0.2, -0.15) is 0 Å². The number of rotatable bonds is 7. The van der Waals surface area contributed by atoms with Gasteiger partial charge in [-0.3, -0.25) is 14.2 Å². The van der Waals surface area contributed by atoms with Crippen LogP contribution < -0.4 is 10.7 Å². The van der Waals surface area contributed by atoms with E-state index in [1.54, 1.807) is 29.2 Å². The minimum Gasteiger partial charge on any atom is -0.455 e. The first-order valence-corrected chi connectivity index (χ1v) is 10.7. The first-order chi connectivity index (χ1) is 15.1. The smallest absolute Gasteiger partial charge is 0.419 e. The zero-order valence-corrected chi connectivity index (χ0v) is 17.4. The van der Waals surface area contributed by atoms with Gasteiger partial charge in [0.25, 0.3) is 5.91 Å². The summed E-state index contributed by atoms with van der Waals surface area (Å²) < 4.78 is 11.8. The molecule has 7 heteroatoms. The summed E-state index contributed by atoms with van der Waals surface area (Å²) in [6, 6.07) is 16.7. The molecule has 1 aliphatic carbocycles. The monoisotopic (exact) mass is 422 g/mol. The van der Waals surface area contributed by atoms with Gasteiger partial charge in [0.2, 0.25) is 0 Å². The lowest BCUT2D eigenvalue weighted by atomic mass is 9.93. The molecule has 2 aromatic carbocycles. The maximum atomic E-state index is 13.0. The van der Waals surface area contributed by atoms with Crippen LogP contribution >= 0.6 is 0 Å². The number of nitrogens with zero attached hydrogens (tertiary/aromatic N) is 2. The SMILES string of the molecule is O=C(CCn1c(=O)oc2ccccc21)OCC(=O)N(c1ccccc1)C1CCCCC1. The van der Waals surface area contributed by atoms with Gasteiger partial charge in [0, 0.05) is 18.3 Å². The molecule has 4 rings (SSSR count). The van der Waals surface area contributed by atoms with Gasteiger partial charge in [0.1, 0.15) is 0 Å². The van der Waals surface area contributed by atoms with Crippen molar-refractivity contribution in [3.05, 3.63) is 65.1 Å². The van der Waals surface area contributed by atoms with Gasteiger partial charge in [-0.15, -0.1) is 0 Å². The zero-order chi connectivity index (χ0) is 21.6. The van der Waals surface area contributed by atoms with E-state index in [1.165, 1.54) is 11.0 Å². The molecular formula is C24H26N2O5. The summed E-state index contributed by atoms with van der Waals surface area (Å²) in [7, 11) is 0. The predicted molar refractivity (Wildman–Crippen MR) is 117 cm³/mol. The maximum absolute atomic E-state index is 13.0. The van der Waals surface area contributed by atoms with E-state index in [4.69, 9.17) is 9.15 Å². The summed E-state index contributed by atoms with van der Waals surface area (Å²) in [5, 5.41) is 0. The Kier molecular flexibility index (Phi) is 6.50. The predicted octanol–water partition coefficient (Wildman–Crippen LogP) is 3.89. The number of aromatic nitrogens is 1. The summed E-state index contributed by atoms with van der Waals surface area (Å²) in [4.78, 5) is 39.1. The minimum absolute atomic E-state index is 0.0223. The van der Waals surface area contributed by atoms with Crippen molar-refractivity contribution < 1.29 is 18.7 Å². The Balaban J connectivity index is 1.37. The molecule has 0 radical (unpaired) electrons. The highest BCUT2D eigenvalue weighted by molar-refractivity contribution is 5.95. The summed E-state index contributed by atoms with van der Waals surface area (Å²) in [5.74, 6) is -1.27. The summed E-state index contributed by atoms with van der Waals surface area (Å²) in [5.41, 5.74) is 1.93. The topological polar surface area (TPSA) is 81.7 Å². The van der Waals surface area contributed by atoms with Gasteiger partial charge in [0.15, 0.2) is 12.2 Å². The Morgan fingerprint density at radius 1 is 1.00 bits per heavy atom. The van der Waals surface area contributed by atoms with Gasteiger partial charge in [-0.25, -0.2) is 4.79 Å². The number of amides is 1. The first kappa shape index (κ1) is 20.9. The van der Waals surface area contributed by atoms with Crippen LogP contribution in [0.5, 0.6) is 0 Å². The number of esters is 1. The second-order valence-electron chi connectivity index (χ2n) is 7.79. The molecule has 1 heterocycles. The van der Waals surface area contributed by atoms with E-state index in [2.05, 4.69) is 0 Å². The van der Waals surface area contributed by atoms with Gasteiger partial charge < -0.3 is 14.1 Å². The van der Waals surface area contributed by atoms with E-state index in [9.17, 15) is 14.4 Å². The van der Waals surface area contributed by atoms with Crippen LogP contribution in [0.25, 0.3) is 11.1 Å². The van der Waals surface area contributed by atoms with Gasteiger partial charge in [-0.1, -0.05) is 49.6 Å². The Labute approximate surface area is 180 Å². The van der Waals surface area contributed by atoms with Crippen molar-refractivity contribution in [2.24, 2.45) is 0 Å². The lowest BCUT2D eigenvalue weighted by Crippen LogP contribution is -2.43. The number of aryl methyl sites for hydroxylation is 1. The minimum atomic E-state index is -0.526. The number of ether oxygens (including phenoxy) is 1. The maximum Gasteiger partial charge on any atom is 0.419 e. The van der Waals surface area contributed by atoms with Crippen molar-refractivity contribution in [1.82, 2.24) is 4.57 Å². The molecule has 0 unspecified atom stereocenters. The fourth-order valence-corrected chi connectivity index (χ4v) is 4.20. The molecule has 0 bridgehead atoms. The van der Waals surface area contributed by atoms with E-state index in [-0.39, 0.29) is 31.5 Å². The largest absolute Gasteiger partial charge is 0.455 e. The van der Waals surface area contributed by atoms with Crippen molar-refractivity contribution in [1.29, 1.82) is 0 Å². The van der Waals surface area contributed by atoms with Crippen LogP contribution in [0.4, 0.5) is 5.69 Å². The average molecular weight is 422 g/mol. The molecule has 31 heavy (non-hydrogen) atoms. The number of anilines is 1. The number of hydrogen-bond donors (Lipinski definition) is 0. The highest BCUT2D eigenvalue weighted by Gasteiger charge is 2.27. The molecule has 1 fully saturated rings. The van der Waals surface area contributed by atoms with Crippen LogP contribution in [-0.4, -0.2) is 29.1 Å². The summed E-state index contributed by atoms with van der Waals surface area (Å²) in [6.45, 7) is -0.181. The third-order valence-electron chi connectivity index (χ3n) is 5.71. The van der Waals surface area contributed by atoms with E-state index in [0.29, 0.717) is 11.1 Å². The lowest BCUT2D eigenvalue weighted by Gasteiger charge is -2.34. The van der Waals surface area contributed by atoms with E-state index >= 15 is 0 Å². The molecule has 3 aromatic rings. The molecule has 0 spiro atoms. The zero-order valence-electron chi connectivity index (χ0n) is 17.4. The third-order valence-corrected chi connectivity index (χ3v) is 5.71. The molecular weight excluding hydrogens is 396 g/mol. The number of fused-ring (bicyclic) bond motifs is 1. The van der Waals surface area contributed by atoms with Crippen LogP contribution in [0.2, 0.25) is 0 Å². The van der Waals surface area contributed by atoms with Crippen LogP contribution in [0.15, 0.2) is 63.8 Å². The number of carbonyl (C=O) groups is 2. The third kappa shape index (κ3) is 4.87. The summed E-state index contributed by atoms with van der Waals surface area (Å²) >= 11 is 0. The van der Waals surface area contributed by atoms with E-state index < -0.39 is 11.7 Å². The van der Waals surface area contributed by atoms with Crippen molar-refractivity contribution in [3.8, 4) is 0 Å². The Bertz CT molecular complexity index is 1100. The lowest BCUT2D eigenvalue weighted by molar-refractivity contribution is -0.148. The van der Waals surface area contributed by atoms with Gasteiger partial charge >= 0.3 is 11.7 Å². The highest BCUT2D eigenvalue weighted by Crippen LogP contribution is 2.27. The van der Waals surface area contributed by atoms with Crippen molar-refractivity contribution in [2.75, 3.05) is 11.5 Å². The number of benzene rings is 2. The van der Waals surface area contributed by atoms with E-state index in [1.807, 2.05) is 30.3 Å². The molecule has 0 N–H and O–H groups in total. The quantitative estimate of drug-likeness (QED) is 0.540.